The molecule has 1 aliphatic heterocycles. The fourth-order valence-corrected chi connectivity index (χ4v) is 3.32. The van der Waals surface area contributed by atoms with Crippen molar-refractivity contribution in [2.45, 2.75) is 24.8 Å². The van der Waals surface area contributed by atoms with Crippen molar-refractivity contribution in [3.63, 3.8) is 0 Å². The van der Waals surface area contributed by atoms with E-state index in [9.17, 15) is 4.39 Å². The Balaban J connectivity index is 1.36. The van der Waals surface area contributed by atoms with Crippen LogP contribution in [0.1, 0.15) is 24.5 Å². The largest absolute Gasteiger partial charge is 0.378 e. The summed E-state index contributed by atoms with van der Waals surface area (Å²) in [5.41, 5.74) is 1.07. The van der Waals surface area contributed by atoms with E-state index < -0.39 is 5.82 Å². The van der Waals surface area contributed by atoms with Crippen LogP contribution in [0.4, 0.5) is 22.0 Å². The van der Waals surface area contributed by atoms with Gasteiger partial charge in [0.25, 0.3) is 0 Å². The lowest BCUT2D eigenvalue weighted by Gasteiger charge is -2.36. The minimum atomic E-state index is -0.457. The average Bonchev–Trinajstić information content (AvgIpc) is 2.66. The number of halogens is 1. The summed E-state index contributed by atoms with van der Waals surface area (Å²) in [7, 11) is 1.63. The van der Waals surface area contributed by atoms with Crippen molar-refractivity contribution < 1.29 is 9.13 Å². The lowest BCUT2D eigenvalue weighted by atomic mass is 9.78. The summed E-state index contributed by atoms with van der Waals surface area (Å²) in [6.07, 6.45) is 4.70. The standard InChI is InChI=1S/C17H22FN7O/c1-19-16-13(18)9-20-17(24-16)23-12-6-11(7-12)14-8-15(22-10-21-14)25-2-4-26-5-3-25/h8-12H,2-7H2,1H3,(H2,19,20,23,24). The Morgan fingerprint density at radius 3 is 2.77 bits per heavy atom. The molecule has 2 aromatic heterocycles. The molecule has 1 saturated carbocycles. The Labute approximate surface area is 151 Å². The van der Waals surface area contributed by atoms with Gasteiger partial charge in [0.15, 0.2) is 11.6 Å². The van der Waals surface area contributed by atoms with Gasteiger partial charge >= 0.3 is 0 Å². The van der Waals surface area contributed by atoms with E-state index in [-0.39, 0.29) is 11.9 Å². The third-order valence-corrected chi connectivity index (χ3v) is 4.88. The van der Waals surface area contributed by atoms with Gasteiger partial charge in [-0.3, -0.25) is 0 Å². The van der Waals surface area contributed by atoms with E-state index in [0.29, 0.717) is 11.9 Å². The minimum absolute atomic E-state index is 0.198. The van der Waals surface area contributed by atoms with Crippen molar-refractivity contribution >= 4 is 17.6 Å². The van der Waals surface area contributed by atoms with Crippen LogP contribution >= 0.6 is 0 Å². The molecule has 138 valence electrons. The molecule has 8 nitrogen and oxygen atoms in total. The third-order valence-electron chi connectivity index (χ3n) is 4.88. The molecule has 26 heavy (non-hydrogen) atoms. The molecule has 4 rings (SSSR count). The van der Waals surface area contributed by atoms with E-state index in [1.807, 2.05) is 0 Å². The van der Waals surface area contributed by atoms with Gasteiger partial charge in [-0.25, -0.2) is 19.3 Å². The van der Waals surface area contributed by atoms with Gasteiger partial charge in [-0.05, 0) is 12.8 Å². The number of hydrogen-bond acceptors (Lipinski definition) is 8. The van der Waals surface area contributed by atoms with Gasteiger partial charge in [0, 0.05) is 43.9 Å². The quantitative estimate of drug-likeness (QED) is 0.833. The van der Waals surface area contributed by atoms with E-state index in [2.05, 4.69) is 41.5 Å². The molecule has 0 spiro atoms. The molecule has 0 bridgehead atoms. The molecule has 0 amide bonds. The van der Waals surface area contributed by atoms with Crippen LogP contribution in [0.25, 0.3) is 0 Å². The Morgan fingerprint density at radius 1 is 1.19 bits per heavy atom. The van der Waals surface area contributed by atoms with Crippen molar-refractivity contribution in [1.29, 1.82) is 0 Å². The summed E-state index contributed by atoms with van der Waals surface area (Å²) < 4.78 is 18.8. The minimum Gasteiger partial charge on any atom is -0.378 e. The second-order valence-corrected chi connectivity index (χ2v) is 6.55. The van der Waals surface area contributed by atoms with Crippen LogP contribution in [0, 0.1) is 5.82 Å². The second-order valence-electron chi connectivity index (χ2n) is 6.55. The zero-order chi connectivity index (χ0) is 17.9. The molecule has 0 atom stereocenters. The summed E-state index contributed by atoms with van der Waals surface area (Å²) >= 11 is 0. The predicted molar refractivity (Wildman–Crippen MR) is 96.0 cm³/mol. The van der Waals surface area contributed by atoms with Crippen LogP contribution < -0.4 is 15.5 Å². The number of nitrogens with zero attached hydrogens (tertiary/aromatic N) is 5. The topological polar surface area (TPSA) is 88.1 Å². The van der Waals surface area contributed by atoms with E-state index in [4.69, 9.17) is 4.74 Å². The maximum Gasteiger partial charge on any atom is 0.225 e. The zero-order valence-electron chi connectivity index (χ0n) is 14.7. The van der Waals surface area contributed by atoms with Gasteiger partial charge in [-0.2, -0.15) is 4.98 Å². The van der Waals surface area contributed by atoms with Crippen molar-refractivity contribution in [2.24, 2.45) is 0 Å². The molecule has 0 radical (unpaired) electrons. The van der Waals surface area contributed by atoms with E-state index in [0.717, 1.165) is 50.7 Å². The average molecular weight is 359 g/mol. The second kappa shape index (κ2) is 7.36. The van der Waals surface area contributed by atoms with E-state index >= 15 is 0 Å². The van der Waals surface area contributed by atoms with E-state index in [1.165, 1.54) is 6.20 Å². The maximum absolute atomic E-state index is 13.4. The number of anilines is 3. The molecular formula is C17H22FN7O. The van der Waals surface area contributed by atoms with Crippen molar-refractivity contribution in [3.05, 3.63) is 30.1 Å². The first-order valence-corrected chi connectivity index (χ1v) is 8.84. The molecule has 3 heterocycles. The highest BCUT2D eigenvalue weighted by Gasteiger charge is 2.32. The maximum atomic E-state index is 13.4. The van der Waals surface area contributed by atoms with Crippen molar-refractivity contribution in [2.75, 3.05) is 48.9 Å². The Morgan fingerprint density at radius 2 is 2.00 bits per heavy atom. The van der Waals surface area contributed by atoms with Crippen molar-refractivity contribution in [3.8, 4) is 0 Å². The number of rotatable bonds is 5. The molecule has 2 aliphatic rings. The fourth-order valence-electron chi connectivity index (χ4n) is 3.32. The highest BCUT2D eigenvalue weighted by Crippen LogP contribution is 2.38. The molecule has 2 N–H and O–H groups in total. The Bertz CT molecular complexity index is 763. The predicted octanol–water partition coefficient (Wildman–Crippen LogP) is 1.64. The van der Waals surface area contributed by atoms with Gasteiger partial charge in [0.2, 0.25) is 5.95 Å². The van der Waals surface area contributed by atoms with Crippen LogP contribution in [0.15, 0.2) is 18.6 Å². The fraction of sp³-hybridized carbons (Fsp3) is 0.529. The van der Waals surface area contributed by atoms with Gasteiger partial charge in [-0.15, -0.1) is 0 Å². The lowest BCUT2D eigenvalue weighted by molar-refractivity contribution is 0.122. The monoisotopic (exact) mass is 359 g/mol. The molecule has 9 heteroatoms. The number of ether oxygens (including phenoxy) is 1. The normalized spacial score (nSPS) is 22.6. The first-order valence-electron chi connectivity index (χ1n) is 8.84. The molecule has 0 aromatic carbocycles. The van der Waals surface area contributed by atoms with Crippen LogP contribution in [-0.2, 0) is 4.74 Å². The zero-order valence-corrected chi connectivity index (χ0v) is 14.7. The first-order chi connectivity index (χ1) is 12.7. The van der Waals surface area contributed by atoms with E-state index in [1.54, 1.807) is 13.4 Å². The summed E-state index contributed by atoms with van der Waals surface area (Å²) in [6, 6.07) is 2.34. The number of morpholine rings is 1. The third kappa shape index (κ3) is 3.52. The Kier molecular flexibility index (Phi) is 4.79. The smallest absolute Gasteiger partial charge is 0.225 e. The molecule has 2 fully saturated rings. The first kappa shape index (κ1) is 16.9. The van der Waals surface area contributed by atoms with Crippen LogP contribution in [0.5, 0.6) is 0 Å². The lowest BCUT2D eigenvalue weighted by Crippen LogP contribution is -2.37. The highest BCUT2D eigenvalue weighted by atomic mass is 19.1. The van der Waals surface area contributed by atoms with Gasteiger partial charge in [0.1, 0.15) is 12.1 Å². The summed E-state index contributed by atoms with van der Waals surface area (Å²) in [5, 5.41) is 5.98. The highest BCUT2D eigenvalue weighted by molar-refractivity contribution is 5.43. The van der Waals surface area contributed by atoms with Crippen molar-refractivity contribution in [1.82, 2.24) is 19.9 Å². The van der Waals surface area contributed by atoms with Gasteiger partial charge in [0.05, 0.1) is 19.4 Å². The van der Waals surface area contributed by atoms with Crippen LogP contribution in [-0.4, -0.2) is 59.3 Å². The SMILES string of the molecule is CNc1nc(NC2CC(c3cc(N4CCOCC4)ncn3)C2)ncc1F. The number of hydrogen-bond donors (Lipinski definition) is 2. The molecule has 2 aromatic rings. The number of nitrogens with one attached hydrogen (secondary N) is 2. The Hall–Kier alpha value is -2.55. The van der Waals surface area contributed by atoms with Crippen LogP contribution in [0.2, 0.25) is 0 Å². The summed E-state index contributed by atoms with van der Waals surface area (Å²) in [5.74, 6) is 1.54. The van der Waals surface area contributed by atoms with Gasteiger partial charge < -0.3 is 20.3 Å². The summed E-state index contributed by atoms with van der Waals surface area (Å²) in [6.45, 7) is 3.20. The molecule has 1 aliphatic carbocycles. The van der Waals surface area contributed by atoms with Crippen LogP contribution in [0.3, 0.4) is 0 Å². The molecular weight excluding hydrogens is 337 g/mol. The van der Waals surface area contributed by atoms with Gasteiger partial charge in [-0.1, -0.05) is 0 Å². The molecule has 0 unspecified atom stereocenters. The summed E-state index contributed by atoms with van der Waals surface area (Å²) in [4.78, 5) is 19.2. The number of aromatic nitrogens is 4. The molecule has 1 saturated heterocycles.